The van der Waals surface area contributed by atoms with Crippen LogP contribution < -0.4 is 10.1 Å². The van der Waals surface area contributed by atoms with E-state index in [1.54, 1.807) is 24.5 Å². The van der Waals surface area contributed by atoms with Crippen LogP contribution >= 0.6 is 0 Å². The van der Waals surface area contributed by atoms with Crippen LogP contribution in [0.5, 0.6) is 5.75 Å². The summed E-state index contributed by atoms with van der Waals surface area (Å²) < 4.78 is 5.35. The number of carboxylic acids is 1. The van der Waals surface area contributed by atoms with Crippen LogP contribution in [0.15, 0.2) is 24.5 Å². The maximum absolute atomic E-state index is 11.3. The molecule has 1 amide bonds. The van der Waals surface area contributed by atoms with E-state index in [9.17, 15) is 9.59 Å². The van der Waals surface area contributed by atoms with Crippen LogP contribution in [0.3, 0.4) is 0 Å². The van der Waals surface area contributed by atoms with Crippen molar-refractivity contribution in [1.29, 1.82) is 0 Å². The molecule has 0 radical (unpaired) electrons. The smallest absolute Gasteiger partial charge is 0.325 e. The van der Waals surface area contributed by atoms with E-state index in [0.717, 1.165) is 0 Å². The molecule has 1 heterocycles. The molecule has 0 bridgehead atoms. The molecule has 0 aliphatic heterocycles. The number of carbonyl (C=O) groups is 2. The van der Waals surface area contributed by atoms with Gasteiger partial charge in [-0.25, -0.2) is 0 Å². The van der Waals surface area contributed by atoms with Crippen molar-refractivity contribution >= 4 is 11.9 Å². The van der Waals surface area contributed by atoms with Crippen molar-refractivity contribution in [1.82, 2.24) is 10.3 Å². The average molecular weight is 252 g/mol. The van der Waals surface area contributed by atoms with E-state index in [-0.39, 0.29) is 12.3 Å². The Morgan fingerprint density at radius 3 is 2.94 bits per heavy atom. The zero-order valence-corrected chi connectivity index (χ0v) is 10.1. The zero-order valence-electron chi connectivity index (χ0n) is 10.1. The second-order valence-corrected chi connectivity index (χ2v) is 3.77. The molecule has 6 heteroatoms. The van der Waals surface area contributed by atoms with Gasteiger partial charge in [-0.1, -0.05) is 0 Å². The van der Waals surface area contributed by atoms with Crippen LogP contribution in [0, 0.1) is 0 Å². The van der Waals surface area contributed by atoms with Crippen molar-refractivity contribution in [2.75, 3.05) is 6.61 Å². The lowest BCUT2D eigenvalue weighted by Gasteiger charge is -2.09. The Morgan fingerprint density at radius 1 is 1.56 bits per heavy atom. The molecule has 0 fully saturated rings. The number of nitrogens with one attached hydrogen (secondary N) is 1. The fraction of sp³-hybridized carbons (Fsp3) is 0.417. The summed E-state index contributed by atoms with van der Waals surface area (Å²) in [5, 5.41) is 11.0. The van der Waals surface area contributed by atoms with Gasteiger partial charge in [0.2, 0.25) is 5.91 Å². The van der Waals surface area contributed by atoms with Crippen LogP contribution in [0.4, 0.5) is 0 Å². The van der Waals surface area contributed by atoms with Crippen molar-refractivity contribution in [3.8, 4) is 5.75 Å². The second-order valence-electron chi connectivity index (χ2n) is 3.77. The topological polar surface area (TPSA) is 88.5 Å². The summed E-state index contributed by atoms with van der Waals surface area (Å²) in [5.74, 6) is -0.688. The minimum atomic E-state index is -1.05. The lowest BCUT2D eigenvalue weighted by molar-refractivity contribution is -0.141. The molecule has 2 N–H and O–H groups in total. The number of pyridine rings is 1. The van der Waals surface area contributed by atoms with Gasteiger partial charge in [-0.2, -0.15) is 0 Å². The molecule has 0 aliphatic rings. The van der Waals surface area contributed by atoms with Crippen LogP contribution in [-0.4, -0.2) is 34.6 Å². The molecule has 1 aromatic heterocycles. The van der Waals surface area contributed by atoms with Gasteiger partial charge >= 0.3 is 5.97 Å². The highest BCUT2D eigenvalue weighted by molar-refractivity contribution is 5.83. The van der Waals surface area contributed by atoms with Gasteiger partial charge in [-0.05, 0) is 25.5 Å². The lowest BCUT2D eigenvalue weighted by atomic mass is 10.2. The first-order valence-corrected chi connectivity index (χ1v) is 5.64. The lowest BCUT2D eigenvalue weighted by Crippen LogP contribution is -2.38. The van der Waals surface area contributed by atoms with Crippen molar-refractivity contribution in [3.63, 3.8) is 0 Å². The van der Waals surface area contributed by atoms with Crippen LogP contribution in [0.25, 0.3) is 0 Å². The highest BCUT2D eigenvalue weighted by atomic mass is 16.5. The zero-order chi connectivity index (χ0) is 13.4. The van der Waals surface area contributed by atoms with Crippen molar-refractivity contribution in [2.45, 2.75) is 25.8 Å². The Balaban J connectivity index is 2.14. The minimum Gasteiger partial charge on any atom is -0.492 e. The minimum absolute atomic E-state index is 0.234. The third kappa shape index (κ3) is 5.29. The first-order valence-electron chi connectivity index (χ1n) is 5.64. The first kappa shape index (κ1) is 14.0. The predicted molar refractivity (Wildman–Crippen MR) is 64.2 cm³/mol. The highest BCUT2D eigenvalue weighted by Crippen LogP contribution is 2.06. The first-order chi connectivity index (χ1) is 8.59. The summed E-state index contributed by atoms with van der Waals surface area (Å²) in [6.07, 6.45) is 3.99. The number of nitrogens with zero attached hydrogens (tertiary/aromatic N) is 1. The number of aromatic nitrogens is 1. The van der Waals surface area contributed by atoms with Crippen LogP contribution in [0.1, 0.15) is 19.8 Å². The van der Waals surface area contributed by atoms with Gasteiger partial charge in [-0.15, -0.1) is 0 Å². The van der Waals surface area contributed by atoms with E-state index in [2.05, 4.69) is 10.3 Å². The van der Waals surface area contributed by atoms with Gasteiger partial charge in [0.15, 0.2) is 0 Å². The molecule has 0 saturated carbocycles. The quantitative estimate of drug-likeness (QED) is 0.702. The van der Waals surface area contributed by atoms with Gasteiger partial charge in [0.05, 0.1) is 12.8 Å². The monoisotopic (exact) mass is 252 g/mol. The van der Waals surface area contributed by atoms with Crippen LogP contribution in [-0.2, 0) is 9.59 Å². The van der Waals surface area contributed by atoms with E-state index in [1.807, 2.05) is 0 Å². The Morgan fingerprint density at radius 2 is 2.33 bits per heavy atom. The second kappa shape index (κ2) is 7.26. The molecule has 0 aliphatic carbocycles. The fourth-order valence-electron chi connectivity index (χ4n) is 1.23. The third-order valence-corrected chi connectivity index (χ3v) is 2.20. The maximum Gasteiger partial charge on any atom is 0.325 e. The molecule has 6 nitrogen and oxygen atoms in total. The number of amides is 1. The molecule has 1 unspecified atom stereocenters. The van der Waals surface area contributed by atoms with E-state index in [1.165, 1.54) is 6.92 Å². The largest absolute Gasteiger partial charge is 0.492 e. The molecule has 0 spiro atoms. The molecule has 1 atom stereocenters. The van der Waals surface area contributed by atoms with E-state index < -0.39 is 12.0 Å². The molecular weight excluding hydrogens is 236 g/mol. The number of rotatable bonds is 7. The number of hydrogen-bond donors (Lipinski definition) is 2. The summed E-state index contributed by atoms with van der Waals surface area (Å²) in [6.45, 7) is 1.81. The van der Waals surface area contributed by atoms with Crippen molar-refractivity contribution in [2.24, 2.45) is 0 Å². The number of carboxylic acid groups (broad SMARTS) is 1. The van der Waals surface area contributed by atoms with Gasteiger partial charge in [0.25, 0.3) is 0 Å². The number of aliphatic carboxylic acids is 1. The Bertz CT molecular complexity index is 394. The molecule has 1 aromatic rings. The fourth-order valence-corrected chi connectivity index (χ4v) is 1.23. The van der Waals surface area contributed by atoms with Gasteiger partial charge in [0, 0.05) is 12.6 Å². The summed E-state index contributed by atoms with van der Waals surface area (Å²) in [6, 6.07) is 2.67. The molecule has 98 valence electrons. The Kier molecular flexibility index (Phi) is 5.63. The predicted octanol–water partition coefficient (Wildman–Crippen LogP) is 0.830. The molecule has 18 heavy (non-hydrogen) atoms. The summed E-state index contributed by atoms with van der Waals surface area (Å²) in [5.41, 5.74) is 0. The van der Waals surface area contributed by atoms with E-state index in [4.69, 9.17) is 9.84 Å². The number of hydrogen-bond acceptors (Lipinski definition) is 4. The SMILES string of the molecule is CC(NC(=O)CCCOc1cccnc1)C(=O)O. The van der Waals surface area contributed by atoms with Gasteiger partial charge in [0.1, 0.15) is 11.8 Å². The standard InChI is InChI=1S/C12H16N2O4/c1-9(12(16)17)14-11(15)5-3-7-18-10-4-2-6-13-8-10/h2,4,6,8-9H,3,5,7H2,1H3,(H,14,15)(H,16,17). The Labute approximate surface area is 105 Å². The summed E-state index contributed by atoms with van der Waals surface area (Å²) >= 11 is 0. The highest BCUT2D eigenvalue weighted by Gasteiger charge is 2.13. The normalized spacial score (nSPS) is 11.6. The van der Waals surface area contributed by atoms with Crippen molar-refractivity contribution in [3.05, 3.63) is 24.5 Å². The summed E-state index contributed by atoms with van der Waals surface area (Å²) in [4.78, 5) is 25.7. The summed E-state index contributed by atoms with van der Waals surface area (Å²) in [7, 11) is 0. The van der Waals surface area contributed by atoms with E-state index in [0.29, 0.717) is 18.8 Å². The average Bonchev–Trinajstić information content (AvgIpc) is 2.35. The van der Waals surface area contributed by atoms with E-state index >= 15 is 0 Å². The van der Waals surface area contributed by atoms with Gasteiger partial charge < -0.3 is 15.2 Å². The third-order valence-electron chi connectivity index (χ3n) is 2.20. The number of ether oxygens (including phenoxy) is 1. The Hall–Kier alpha value is -2.11. The maximum atomic E-state index is 11.3. The molecule has 0 aromatic carbocycles. The van der Waals surface area contributed by atoms with Crippen molar-refractivity contribution < 1.29 is 19.4 Å². The molecular formula is C12H16N2O4. The van der Waals surface area contributed by atoms with Crippen LogP contribution in [0.2, 0.25) is 0 Å². The number of carbonyl (C=O) groups excluding carboxylic acids is 1. The molecule has 1 rings (SSSR count). The molecule has 0 saturated heterocycles. The van der Waals surface area contributed by atoms with Gasteiger partial charge in [-0.3, -0.25) is 14.6 Å².